The highest BCUT2D eigenvalue weighted by molar-refractivity contribution is 7.99. The average molecular weight is 573 g/mol. The summed E-state index contributed by atoms with van der Waals surface area (Å²) in [5.41, 5.74) is 5.13. The van der Waals surface area contributed by atoms with Gasteiger partial charge in [0.05, 0.1) is 5.52 Å². The predicted octanol–water partition coefficient (Wildman–Crippen LogP) is 5.85. The second kappa shape index (κ2) is 13.5. The quantitative estimate of drug-likeness (QED) is 0.166. The van der Waals surface area contributed by atoms with Gasteiger partial charge in [0.1, 0.15) is 5.52 Å². The van der Waals surface area contributed by atoms with Crippen molar-refractivity contribution in [2.45, 2.75) is 77.0 Å². The molecule has 3 heterocycles. The molecule has 9 heteroatoms. The molecule has 0 saturated carbocycles. The van der Waals surface area contributed by atoms with Gasteiger partial charge in [-0.1, -0.05) is 73.5 Å². The number of amides is 2. The van der Waals surface area contributed by atoms with Crippen molar-refractivity contribution >= 4 is 45.6 Å². The molecule has 8 nitrogen and oxygen atoms in total. The van der Waals surface area contributed by atoms with E-state index in [9.17, 15) is 9.59 Å². The van der Waals surface area contributed by atoms with Crippen LogP contribution >= 0.6 is 11.8 Å². The maximum Gasteiger partial charge on any atom is 0.222 e. The highest BCUT2D eigenvalue weighted by Crippen LogP contribution is 2.29. The van der Waals surface area contributed by atoms with Crippen LogP contribution in [0.4, 0.5) is 0 Å². The Bertz CT molecular complexity index is 1500. The van der Waals surface area contributed by atoms with Crippen molar-refractivity contribution in [3.8, 4) is 0 Å². The normalized spacial score (nSPS) is 15.6. The summed E-state index contributed by atoms with van der Waals surface area (Å²) in [5, 5.41) is 10.7. The van der Waals surface area contributed by atoms with Crippen LogP contribution in [0, 0.1) is 6.92 Å². The highest BCUT2D eigenvalue weighted by atomic mass is 32.2. The molecule has 2 aromatic carbocycles. The average Bonchev–Trinajstić information content (AvgIpc) is 3.27. The molecule has 0 N–H and O–H groups in total. The van der Waals surface area contributed by atoms with Gasteiger partial charge < -0.3 is 14.4 Å². The number of carbonyl (C=O) groups is 2. The first-order valence-electron chi connectivity index (χ1n) is 14.8. The summed E-state index contributed by atoms with van der Waals surface area (Å²) in [6.45, 7) is 8.84. The van der Waals surface area contributed by atoms with Gasteiger partial charge in [0.15, 0.2) is 5.65 Å². The minimum atomic E-state index is 0.0637. The minimum absolute atomic E-state index is 0.0637. The van der Waals surface area contributed by atoms with Crippen LogP contribution in [-0.4, -0.2) is 72.8 Å². The minimum Gasteiger partial charge on any atom is -0.339 e. The van der Waals surface area contributed by atoms with Crippen LogP contribution in [0.25, 0.3) is 22.1 Å². The summed E-state index contributed by atoms with van der Waals surface area (Å²) in [6.07, 6.45) is 4.97. The second-order valence-corrected chi connectivity index (χ2v) is 12.1. The first kappa shape index (κ1) is 29.0. The van der Waals surface area contributed by atoms with Gasteiger partial charge in [0, 0.05) is 56.2 Å². The van der Waals surface area contributed by atoms with E-state index in [1.807, 2.05) is 22.8 Å². The SMILES string of the molecule is CCCCCC(=O)N1CCN(C(=O)CCCSc2nnc3c4cc(C)ccc4n(Cc4ccccc4)c3n2)CC1C. The number of rotatable bonds is 11. The molecule has 2 amide bonds. The zero-order valence-electron chi connectivity index (χ0n) is 24.4. The van der Waals surface area contributed by atoms with Gasteiger partial charge in [-0.15, -0.1) is 10.2 Å². The molecule has 1 aliphatic rings. The zero-order valence-corrected chi connectivity index (χ0v) is 25.2. The molecular formula is C32H40N6O2S. The topological polar surface area (TPSA) is 84.2 Å². The van der Waals surface area contributed by atoms with E-state index in [0.29, 0.717) is 44.2 Å². The Morgan fingerprint density at radius 2 is 1.78 bits per heavy atom. The van der Waals surface area contributed by atoms with E-state index in [-0.39, 0.29) is 17.9 Å². The fourth-order valence-corrected chi connectivity index (χ4v) is 6.33. The number of hydrogen-bond donors (Lipinski definition) is 0. The molecule has 41 heavy (non-hydrogen) atoms. The fraction of sp³-hybridized carbons (Fsp3) is 0.469. The summed E-state index contributed by atoms with van der Waals surface area (Å²) in [5.74, 6) is 1.11. The number of hydrogen-bond acceptors (Lipinski definition) is 6. The van der Waals surface area contributed by atoms with E-state index < -0.39 is 0 Å². The molecule has 1 saturated heterocycles. The van der Waals surface area contributed by atoms with Crippen LogP contribution in [0.2, 0.25) is 0 Å². The molecular weight excluding hydrogens is 532 g/mol. The summed E-state index contributed by atoms with van der Waals surface area (Å²) < 4.78 is 2.22. The number of carbonyl (C=O) groups excluding carboxylic acids is 2. The molecule has 1 atom stereocenters. The summed E-state index contributed by atoms with van der Waals surface area (Å²) >= 11 is 1.54. The summed E-state index contributed by atoms with van der Waals surface area (Å²) in [7, 11) is 0. The number of nitrogens with zero attached hydrogens (tertiary/aromatic N) is 6. The number of benzene rings is 2. The molecule has 0 bridgehead atoms. The molecule has 216 valence electrons. The third-order valence-corrected chi connectivity index (χ3v) is 8.77. The lowest BCUT2D eigenvalue weighted by Gasteiger charge is -2.40. The Labute approximate surface area is 246 Å². The standard InChI is InChI=1S/C32H40N6O2S/c1-4-5-7-13-29(40)37-18-17-36(21-24(37)3)28(39)14-10-19-41-32-33-31-30(34-35-32)26-20-23(2)15-16-27(26)38(31)22-25-11-8-6-9-12-25/h6,8-9,11-12,15-16,20,24H,4-5,7,10,13-14,17-19,21-22H2,1-3H3. The zero-order chi connectivity index (χ0) is 28.8. The smallest absolute Gasteiger partial charge is 0.222 e. The lowest BCUT2D eigenvalue weighted by atomic mass is 10.1. The Morgan fingerprint density at radius 3 is 2.56 bits per heavy atom. The fourth-order valence-electron chi connectivity index (χ4n) is 5.61. The van der Waals surface area contributed by atoms with Gasteiger partial charge in [-0.25, -0.2) is 4.98 Å². The molecule has 0 aliphatic carbocycles. The maximum absolute atomic E-state index is 12.9. The van der Waals surface area contributed by atoms with E-state index in [2.05, 4.69) is 71.1 Å². The molecule has 0 spiro atoms. The number of aromatic nitrogens is 4. The number of unbranched alkanes of at least 4 members (excludes halogenated alkanes) is 2. The third-order valence-electron chi connectivity index (χ3n) is 7.85. The van der Waals surface area contributed by atoms with E-state index in [4.69, 9.17) is 4.98 Å². The van der Waals surface area contributed by atoms with Crippen LogP contribution < -0.4 is 0 Å². The van der Waals surface area contributed by atoms with Crippen LogP contribution in [0.15, 0.2) is 53.7 Å². The number of thioether (sulfide) groups is 1. The van der Waals surface area contributed by atoms with E-state index in [1.165, 1.54) is 11.1 Å². The van der Waals surface area contributed by atoms with Crippen molar-refractivity contribution in [1.82, 2.24) is 29.5 Å². The lowest BCUT2D eigenvalue weighted by Crippen LogP contribution is -2.55. The monoisotopic (exact) mass is 572 g/mol. The van der Waals surface area contributed by atoms with E-state index >= 15 is 0 Å². The molecule has 1 aliphatic heterocycles. The Kier molecular flexibility index (Phi) is 9.54. The summed E-state index contributed by atoms with van der Waals surface area (Å²) in [6, 6.07) is 16.9. The number of aryl methyl sites for hydroxylation is 1. The van der Waals surface area contributed by atoms with E-state index in [0.717, 1.165) is 53.5 Å². The second-order valence-electron chi connectivity index (χ2n) is 11.0. The first-order chi connectivity index (χ1) is 19.9. The van der Waals surface area contributed by atoms with Crippen LogP contribution in [-0.2, 0) is 16.1 Å². The largest absolute Gasteiger partial charge is 0.339 e. The first-order valence-corrected chi connectivity index (χ1v) is 15.8. The Balaban J connectivity index is 1.18. The Morgan fingerprint density at radius 1 is 0.976 bits per heavy atom. The van der Waals surface area contributed by atoms with Gasteiger partial charge in [0.2, 0.25) is 17.0 Å². The van der Waals surface area contributed by atoms with Gasteiger partial charge in [-0.2, -0.15) is 0 Å². The van der Waals surface area contributed by atoms with Crippen molar-refractivity contribution in [2.75, 3.05) is 25.4 Å². The molecule has 5 rings (SSSR count). The van der Waals surface area contributed by atoms with Crippen molar-refractivity contribution in [1.29, 1.82) is 0 Å². The van der Waals surface area contributed by atoms with Gasteiger partial charge in [0.25, 0.3) is 0 Å². The van der Waals surface area contributed by atoms with Crippen molar-refractivity contribution in [3.05, 3.63) is 59.7 Å². The predicted molar refractivity (Wildman–Crippen MR) is 165 cm³/mol. The molecule has 4 aromatic rings. The van der Waals surface area contributed by atoms with Crippen molar-refractivity contribution in [2.24, 2.45) is 0 Å². The highest BCUT2D eigenvalue weighted by Gasteiger charge is 2.29. The van der Waals surface area contributed by atoms with Crippen LogP contribution in [0.3, 0.4) is 0 Å². The number of fused-ring (bicyclic) bond motifs is 3. The van der Waals surface area contributed by atoms with Gasteiger partial charge >= 0.3 is 0 Å². The molecule has 1 unspecified atom stereocenters. The van der Waals surface area contributed by atoms with Crippen LogP contribution in [0.5, 0.6) is 0 Å². The molecule has 2 aromatic heterocycles. The maximum atomic E-state index is 12.9. The van der Waals surface area contributed by atoms with Crippen LogP contribution in [0.1, 0.15) is 63.5 Å². The molecule has 0 radical (unpaired) electrons. The molecule has 1 fully saturated rings. The lowest BCUT2D eigenvalue weighted by molar-refractivity contribution is -0.142. The van der Waals surface area contributed by atoms with E-state index in [1.54, 1.807) is 11.8 Å². The summed E-state index contributed by atoms with van der Waals surface area (Å²) in [4.78, 5) is 34.3. The van der Waals surface area contributed by atoms with Crippen molar-refractivity contribution < 1.29 is 9.59 Å². The Hall–Kier alpha value is -3.46. The van der Waals surface area contributed by atoms with Crippen molar-refractivity contribution in [3.63, 3.8) is 0 Å². The van der Waals surface area contributed by atoms with Gasteiger partial charge in [-0.05, 0) is 44.4 Å². The number of piperazine rings is 1. The third kappa shape index (κ3) is 6.89. The van der Waals surface area contributed by atoms with Gasteiger partial charge in [-0.3, -0.25) is 9.59 Å².